The smallest absolute Gasteiger partial charge is 0.119 e. The quantitative estimate of drug-likeness (QED) is 0.684. The van der Waals surface area contributed by atoms with Gasteiger partial charge in [-0.3, -0.25) is 0 Å². The number of hydrogen-bond acceptors (Lipinski definition) is 3. The zero-order chi connectivity index (χ0) is 15.0. The molecule has 1 aromatic rings. The molecule has 0 saturated heterocycles. The van der Waals surface area contributed by atoms with E-state index in [0.717, 1.165) is 51.1 Å². The van der Waals surface area contributed by atoms with Crippen LogP contribution in [0, 0.1) is 5.41 Å². The van der Waals surface area contributed by atoms with Crippen LogP contribution in [0.2, 0.25) is 0 Å². The van der Waals surface area contributed by atoms with Gasteiger partial charge in [0.15, 0.2) is 0 Å². The first-order valence-corrected chi connectivity index (χ1v) is 8.31. The van der Waals surface area contributed by atoms with E-state index in [1.54, 1.807) is 0 Å². The van der Waals surface area contributed by atoms with Crippen molar-refractivity contribution in [2.45, 2.75) is 52.0 Å². The fourth-order valence-corrected chi connectivity index (χ4v) is 3.03. The maximum Gasteiger partial charge on any atom is 0.119 e. The maximum absolute atomic E-state index is 9.60. The summed E-state index contributed by atoms with van der Waals surface area (Å²) in [5.74, 6) is 0.954. The van der Waals surface area contributed by atoms with Crippen LogP contribution in [-0.2, 0) is 6.54 Å². The van der Waals surface area contributed by atoms with E-state index in [9.17, 15) is 5.11 Å². The zero-order valence-corrected chi connectivity index (χ0v) is 13.2. The number of hydrogen-bond donors (Lipinski definition) is 2. The molecule has 0 aromatic heterocycles. The van der Waals surface area contributed by atoms with E-state index >= 15 is 0 Å². The van der Waals surface area contributed by atoms with Crippen LogP contribution in [0.3, 0.4) is 0 Å². The van der Waals surface area contributed by atoms with E-state index in [1.165, 1.54) is 18.4 Å². The molecule has 2 rings (SSSR count). The van der Waals surface area contributed by atoms with E-state index in [2.05, 4.69) is 24.4 Å². The van der Waals surface area contributed by atoms with E-state index in [0.29, 0.717) is 6.61 Å². The highest BCUT2D eigenvalue weighted by Crippen LogP contribution is 2.36. The Balaban J connectivity index is 1.73. The van der Waals surface area contributed by atoms with E-state index in [1.807, 2.05) is 12.1 Å². The number of nitrogens with one attached hydrogen (secondary N) is 1. The summed E-state index contributed by atoms with van der Waals surface area (Å²) in [6.45, 7) is 5.05. The minimum absolute atomic E-state index is 0.128. The Morgan fingerprint density at radius 2 is 1.90 bits per heavy atom. The number of aliphatic hydroxyl groups excluding tert-OH is 1. The van der Waals surface area contributed by atoms with Gasteiger partial charge >= 0.3 is 0 Å². The van der Waals surface area contributed by atoms with Gasteiger partial charge in [-0.25, -0.2) is 0 Å². The monoisotopic (exact) mass is 291 g/mol. The summed E-state index contributed by atoms with van der Waals surface area (Å²) in [5.41, 5.74) is 1.40. The molecular weight excluding hydrogens is 262 g/mol. The lowest BCUT2D eigenvalue weighted by atomic mass is 9.87. The average Bonchev–Trinajstić information content (AvgIpc) is 2.99. The van der Waals surface area contributed by atoms with Crippen molar-refractivity contribution in [3.05, 3.63) is 29.8 Å². The van der Waals surface area contributed by atoms with Gasteiger partial charge in [0.1, 0.15) is 5.75 Å². The number of ether oxygens (including phenoxy) is 1. The van der Waals surface area contributed by atoms with Crippen molar-refractivity contribution in [3.8, 4) is 5.75 Å². The fourth-order valence-electron chi connectivity index (χ4n) is 3.03. The first kappa shape index (κ1) is 16.3. The first-order valence-electron chi connectivity index (χ1n) is 8.31. The van der Waals surface area contributed by atoms with Gasteiger partial charge in [-0.05, 0) is 37.0 Å². The second-order valence-corrected chi connectivity index (χ2v) is 6.31. The molecule has 0 aliphatic heterocycles. The molecule has 118 valence electrons. The average molecular weight is 291 g/mol. The number of unbranched alkanes of at least 4 members (excludes halogenated alkanes) is 1. The highest BCUT2D eigenvalue weighted by molar-refractivity contribution is 5.27. The van der Waals surface area contributed by atoms with Gasteiger partial charge in [0.05, 0.1) is 6.61 Å². The van der Waals surface area contributed by atoms with Crippen molar-refractivity contribution in [1.82, 2.24) is 5.32 Å². The second-order valence-electron chi connectivity index (χ2n) is 6.31. The van der Waals surface area contributed by atoms with Gasteiger partial charge in [-0.2, -0.15) is 0 Å². The van der Waals surface area contributed by atoms with Crippen molar-refractivity contribution in [1.29, 1.82) is 0 Å². The van der Waals surface area contributed by atoms with Crippen LogP contribution < -0.4 is 10.1 Å². The molecule has 0 bridgehead atoms. The van der Waals surface area contributed by atoms with Gasteiger partial charge in [-0.15, -0.1) is 0 Å². The molecule has 0 amide bonds. The van der Waals surface area contributed by atoms with Gasteiger partial charge in [0, 0.05) is 25.1 Å². The van der Waals surface area contributed by atoms with Gasteiger partial charge in [-0.1, -0.05) is 38.3 Å². The molecule has 0 atom stereocenters. The summed E-state index contributed by atoms with van der Waals surface area (Å²) in [4.78, 5) is 0. The zero-order valence-electron chi connectivity index (χ0n) is 13.2. The van der Waals surface area contributed by atoms with Crippen LogP contribution in [0.15, 0.2) is 24.3 Å². The lowest BCUT2D eigenvalue weighted by molar-refractivity contribution is 0.128. The molecule has 3 heteroatoms. The summed E-state index contributed by atoms with van der Waals surface area (Å²) < 4.78 is 5.67. The highest BCUT2D eigenvalue weighted by atomic mass is 16.5. The molecule has 0 unspecified atom stereocenters. The minimum Gasteiger partial charge on any atom is -0.494 e. The molecule has 2 N–H and O–H groups in total. The van der Waals surface area contributed by atoms with Crippen molar-refractivity contribution >= 4 is 0 Å². The largest absolute Gasteiger partial charge is 0.494 e. The Morgan fingerprint density at radius 1 is 1.19 bits per heavy atom. The third kappa shape index (κ3) is 5.01. The maximum atomic E-state index is 9.60. The molecule has 3 nitrogen and oxygen atoms in total. The summed E-state index contributed by atoms with van der Waals surface area (Å²) in [7, 11) is 0. The van der Waals surface area contributed by atoms with Crippen molar-refractivity contribution in [3.63, 3.8) is 0 Å². The molecule has 1 aliphatic carbocycles. The Hall–Kier alpha value is -1.06. The molecule has 1 aromatic carbocycles. The number of aliphatic hydroxyl groups is 1. The first-order chi connectivity index (χ1) is 10.3. The van der Waals surface area contributed by atoms with E-state index in [4.69, 9.17) is 4.74 Å². The van der Waals surface area contributed by atoms with Crippen LogP contribution in [0.5, 0.6) is 5.75 Å². The van der Waals surface area contributed by atoms with Crippen LogP contribution >= 0.6 is 0 Å². The molecule has 0 spiro atoms. The summed E-state index contributed by atoms with van der Waals surface area (Å²) >= 11 is 0. The lowest BCUT2D eigenvalue weighted by Crippen LogP contribution is -2.34. The predicted molar refractivity (Wildman–Crippen MR) is 86.5 cm³/mol. The van der Waals surface area contributed by atoms with Crippen LogP contribution in [-0.4, -0.2) is 24.9 Å². The van der Waals surface area contributed by atoms with Crippen molar-refractivity contribution < 1.29 is 9.84 Å². The fraction of sp³-hybridized carbons (Fsp3) is 0.667. The predicted octanol–water partition coefficient (Wildman–Crippen LogP) is 3.51. The van der Waals surface area contributed by atoms with Gasteiger partial charge < -0.3 is 15.2 Å². The summed E-state index contributed by atoms with van der Waals surface area (Å²) in [5, 5.41) is 13.1. The standard InChI is InChI=1S/C18H29NO2/c1-2-3-12-21-17-8-6-16(7-9-17)13-19-14-18(15-20)10-4-5-11-18/h6-9,19-20H,2-5,10-15H2,1H3. The third-order valence-electron chi connectivity index (χ3n) is 4.52. The summed E-state index contributed by atoms with van der Waals surface area (Å²) in [6.07, 6.45) is 7.08. The Labute approximate surface area is 128 Å². The highest BCUT2D eigenvalue weighted by Gasteiger charge is 2.32. The van der Waals surface area contributed by atoms with Gasteiger partial charge in [0.2, 0.25) is 0 Å². The molecule has 21 heavy (non-hydrogen) atoms. The van der Waals surface area contributed by atoms with Crippen molar-refractivity contribution in [2.24, 2.45) is 5.41 Å². The molecule has 0 heterocycles. The Morgan fingerprint density at radius 3 is 2.52 bits per heavy atom. The normalized spacial score (nSPS) is 17.0. The molecular formula is C18H29NO2. The molecule has 1 fully saturated rings. The molecule has 1 aliphatic rings. The number of rotatable bonds is 9. The topological polar surface area (TPSA) is 41.5 Å². The third-order valence-corrected chi connectivity index (χ3v) is 4.52. The van der Waals surface area contributed by atoms with E-state index < -0.39 is 0 Å². The molecule has 1 saturated carbocycles. The summed E-state index contributed by atoms with van der Waals surface area (Å²) in [6, 6.07) is 8.33. The number of benzene rings is 1. The van der Waals surface area contributed by atoms with Crippen LogP contribution in [0.25, 0.3) is 0 Å². The second kappa shape index (κ2) is 8.40. The Bertz CT molecular complexity index is 396. The molecule has 0 radical (unpaired) electrons. The lowest BCUT2D eigenvalue weighted by Gasteiger charge is -2.26. The van der Waals surface area contributed by atoms with E-state index in [-0.39, 0.29) is 5.41 Å². The SMILES string of the molecule is CCCCOc1ccc(CNCC2(CO)CCCC2)cc1. The van der Waals surface area contributed by atoms with Crippen LogP contribution in [0.1, 0.15) is 51.0 Å². The van der Waals surface area contributed by atoms with Gasteiger partial charge in [0.25, 0.3) is 0 Å². The van der Waals surface area contributed by atoms with Crippen molar-refractivity contribution in [2.75, 3.05) is 19.8 Å². The minimum atomic E-state index is 0.128. The Kier molecular flexibility index (Phi) is 6.52. The van der Waals surface area contributed by atoms with Crippen LogP contribution in [0.4, 0.5) is 0 Å².